The van der Waals surface area contributed by atoms with Crippen molar-refractivity contribution in [1.29, 1.82) is 0 Å². The number of nitrogens with two attached hydrogens (primary N) is 1. The number of fused-ring (bicyclic) bond motifs is 1. The van der Waals surface area contributed by atoms with E-state index in [-0.39, 0.29) is 5.82 Å². The number of nitrogens with zero attached hydrogens (tertiary/aromatic N) is 1. The topological polar surface area (TPSA) is 50.4 Å². The minimum atomic E-state index is -0.279. The maximum absolute atomic E-state index is 14.1. The predicted molar refractivity (Wildman–Crippen MR) is 84.0 cm³/mol. The molecule has 0 aromatic heterocycles. The highest BCUT2D eigenvalue weighted by Crippen LogP contribution is 2.36. The Balaban J connectivity index is 2.22. The van der Waals surface area contributed by atoms with Crippen LogP contribution in [0.25, 0.3) is 5.57 Å². The number of halogens is 2. The van der Waals surface area contributed by atoms with Crippen LogP contribution in [0.2, 0.25) is 5.02 Å². The predicted octanol–water partition coefficient (Wildman–Crippen LogP) is 3.81. The van der Waals surface area contributed by atoms with E-state index in [1.54, 1.807) is 36.4 Å². The summed E-state index contributed by atoms with van der Waals surface area (Å²) in [7, 11) is 0. The van der Waals surface area contributed by atoms with Gasteiger partial charge < -0.3 is 5.43 Å². The van der Waals surface area contributed by atoms with Crippen molar-refractivity contribution in [3.63, 3.8) is 0 Å². The van der Waals surface area contributed by atoms with E-state index in [0.29, 0.717) is 28.5 Å². The van der Waals surface area contributed by atoms with Crippen LogP contribution in [0.3, 0.4) is 0 Å². The lowest BCUT2D eigenvalue weighted by atomic mass is 9.95. The summed E-state index contributed by atoms with van der Waals surface area (Å²) in [4.78, 5) is 4.45. The van der Waals surface area contributed by atoms with Crippen LogP contribution in [-0.4, -0.2) is 5.84 Å². The number of hydrazine groups is 1. The van der Waals surface area contributed by atoms with E-state index in [2.05, 4.69) is 10.4 Å². The fraction of sp³-hybridized carbons (Fsp3) is 0.0625. The fourth-order valence-electron chi connectivity index (χ4n) is 2.35. The molecule has 1 aliphatic rings. The highest BCUT2D eigenvalue weighted by molar-refractivity contribution is 6.31. The van der Waals surface area contributed by atoms with Crippen LogP contribution in [0.1, 0.15) is 17.5 Å². The minimum absolute atomic E-state index is 0.279. The first-order valence-electron chi connectivity index (χ1n) is 6.48. The average molecular weight is 302 g/mol. The van der Waals surface area contributed by atoms with Crippen molar-refractivity contribution in [2.24, 2.45) is 10.8 Å². The summed E-state index contributed by atoms with van der Waals surface area (Å²) < 4.78 is 14.1. The molecule has 0 bridgehead atoms. The van der Waals surface area contributed by atoms with Crippen LogP contribution in [0, 0.1) is 5.82 Å². The van der Waals surface area contributed by atoms with Crippen molar-refractivity contribution in [3.8, 4) is 0 Å². The molecule has 0 amide bonds. The number of aliphatic imine (C=N–C) groups is 1. The van der Waals surface area contributed by atoms with Crippen LogP contribution in [0.4, 0.5) is 10.1 Å². The molecule has 5 heteroatoms. The second-order valence-electron chi connectivity index (χ2n) is 4.67. The van der Waals surface area contributed by atoms with Crippen LogP contribution >= 0.6 is 11.6 Å². The van der Waals surface area contributed by atoms with Crippen molar-refractivity contribution in [2.75, 3.05) is 0 Å². The van der Waals surface area contributed by atoms with Gasteiger partial charge >= 0.3 is 0 Å². The van der Waals surface area contributed by atoms with E-state index in [1.807, 2.05) is 6.08 Å². The summed E-state index contributed by atoms with van der Waals surface area (Å²) in [6.07, 6.45) is 2.39. The van der Waals surface area contributed by atoms with Gasteiger partial charge in [0.2, 0.25) is 0 Å². The van der Waals surface area contributed by atoms with Gasteiger partial charge in [-0.15, -0.1) is 0 Å². The highest BCUT2D eigenvalue weighted by Gasteiger charge is 2.17. The van der Waals surface area contributed by atoms with Crippen LogP contribution in [0.5, 0.6) is 0 Å². The van der Waals surface area contributed by atoms with E-state index >= 15 is 0 Å². The Bertz CT molecular complexity index is 753. The second kappa shape index (κ2) is 5.68. The van der Waals surface area contributed by atoms with Gasteiger partial charge in [-0.25, -0.2) is 15.2 Å². The molecule has 1 heterocycles. The molecule has 0 fully saturated rings. The third-order valence-electron chi connectivity index (χ3n) is 3.33. The van der Waals surface area contributed by atoms with E-state index in [1.165, 1.54) is 6.07 Å². The Morgan fingerprint density at radius 3 is 2.71 bits per heavy atom. The van der Waals surface area contributed by atoms with Crippen molar-refractivity contribution >= 4 is 28.7 Å². The third-order valence-corrected chi connectivity index (χ3v) is 3.57. The van der Waals surface area contributed by atoms with Crippen LogP contribution in [0.15, 0.2) is 53.5 Å². The van der Waals surface area contributed by atoms with E-state index in [9.17, 15) is 4.39 Å². The summed E-state index contributed by atoms with van der Waals surface area (Å²) >= 11 is 6.08. The first-order valence-corrected chi connectivity index (χ1v) is 6.86. The smallest absolute Gasteiger partial charge is 0.131 e. The van der Waals surface area contributed by atoms with E-state index in [0.717, 1.165) is 11.1 Å². The van der Waals surface area contributed by atoms with E-state index < -0.39 is 0 Å². The molecule has 106 valence electrons. The Morgan fingerprint density at radius 2 is 1.95 bits per heavy atom. The SMILES string of the molecule is NNC1=Nc2ccc(Cl)cc2C(c2ccccc2F)=CC1. The first kappa shape index (κ1) is 13.8. The number of amidine groups is 1. The van der Waals surface area contributed by atoms with Crippen molar-refractivity contribution in [2.45, 2.75) is 6.42 Å². The number of hydrogen-bond donors (Lipinski definition) is 2. The number of hydrogen-bond acceptors (Lipinski definition) is 3. The Kier molecular flexibility index (Phi) is 3.73. The summed E-state index contributed by atoms with van der Waals surface area (Å²) in [5.74, 6) is 5.80. The maximum atomic E-state index is 14.1. The molecule has 1 aliphatic heterocycles. The van der Waals surface area contributed by atoms with Gasteiger partial charge in [-0.1, -0.05) is 35.9 Å². The molecule has 3 nitrogen and oxygen atoms in total. The molecule has 0 radical (unpaired) electrons. The number of nitrogens with one attached hydrogen (secondary N) is 1. The molecule has 21 heavy (non-hydrogen) atoms. The van der Waals surface area contributed by atoms with Crippen LogP contribution in [-0.2, 0) is 0 Å². The van der Waals surface area contributed by atoms with Crippen molar-refractivity contribution in [1.82, 2.24) is 5.43 Å². The molecule has 0 saturated heterocycles. The van der Waals surface area contributed by atoms with Gasteiger partial charge in [0.15, 0.2) is 0 Å². The molecule has 2 aromatic rings. The summed E-state index contributed by atoms with van der Waals surface area (Å²) in [6, 6.07) is 12.0. The average Bonchev–Trinajstić information content (AvgIpc) is 2.67. The Labute approximate surface area is 126 Å². The minimum Gasteiger partial charge on any atom is -0.312 e. The number of rotatable bonds is 1. The van der Waals surface area contributed by atoms with Gasteiger partial charge in [0.05, 0.1) is 5.69 Å². The molecule has 2 aromatic carbocycles. The van der Waals surface area contributed by atoms with Crippen molar-refractivity contribution in [3.05, 3.63) is 70.5 Å². The zero-order chi connectivity index (χ0) is 14.8. The molecule has 0 unspecified atom stereocenters. The Morgan fingerprint density at radius 1 is 1.14 bits per heavy atom. The zero-order valence-electron chi connectivity index (χ0n) is 11.1. The van der Waals surface area contributed by atoms with Gasteiger partial charge in [-0.05, 0) is 29.8 Å². The standard InChI is InChI=1S/C16H13ClFN3/c17-10-5-7-15-13(9-10)11(6-8-16(20-15)21-19)12-3-1-2-4-14(12)18/h1-7,9H,8,19H2,(H,20,21). The van der Waals surface area contributed by atoms with Gasteiger partial charge in [-0.2, -0.15) is 0 Å². The lowest BCUT2D eigenvalue weighted by Crippen LogP contribution is -2.29. The Hall–Kier alpha value is -2.17. The fourth-order valence-corrected chi connectivity index (χ4v) is 2.52. The second-order valence-corrected chi connectivity index (χ2v) is 5.10. The molecule has 3 N–H and O–H groups in total. The molecule has 0 spiro atoms. The van der Waals surface area contributed by atoms with Gasteiger partial charge in [0.25, 0.3) is 0 Å². The molecule has 3 rings (SSSR count). The monoisotopic (exact) mass is 301 g/mol. The van der Waals surface area contributed by atoms with Crippen molar-refractivity contribution < 1.29 is 4.39 Å². The largest absolute Gasteiger partial charge is 0.312 e. The quantitative estimate of drug-likeness (QED) is 0.621. The molecule has 0 saturated carbocycles. The van der Waals surface area contributed by atoms with E-state index in [4.69, 9.17) is 17.4 Å². The first-order chi connectivity index (χ1) is 10.2. The molecule has 0 aliphatic carbocycles. The highest BCUT2D eigenvalue weighted by atomic mass is 35.5. The lowest BCUT2D eigenvalue weighted by Gasteiger charge is -2.11. The van der Waals surface area contributed by atoms with Gasteiger partial charge in [0, 0.05) is 22.6 Å². The summed E-state index contributed by atoms with van der Waals surface area (Å²) in [6.45, 7) is 0. The molecular formula is C16H13ClFN3. The van der Waals surface area contributed by atoms with Crippen LogP contribution < -0.4 is 11.3 Å². The molecular weight excluding hydrogens is 289 g/mol. The summed E-state index contributed by atoms with van der Waals surface area (Å²) in [5, 5.41) is 0.579. The normalized spacial score (nSPS) is 13.9. The summed E-state index contributed by atoms with van der Waals surface area (Å²) in [5.41, 5.74) is 5.35. The van der Waals surface area contributed by atoms with Gasteiger partial charge in [-0.3, -0.25) is 0 Å². The van der Waals surface area contributed by atoms with Gasteiger partial charge in [0.1, 0.15) is 11.7 Å². The maximum Gasteiger partial charge on any atom is 0.131 e. The molecule has 0 atom stereocenters. The lowest BCUT2D eigenvalue weighted by molar-refractivity contribution is 0.624. The number of benzene rings is 2. The zero-order valence-corrected chi connectivity index (χ0v) is 11.9. The third kappa shape index (κ3) is 2.68.